The van der Waals surface area contributed by atoms with Gasteiger partial charge in [0.1, 0.15) is 45.5 Å². The van der Waals surface area contributed by atoms with E-state index in [2.05, 4.69) is 61.2 Å². The quantitative estimate of drug-likeness (QED) is 0.0392. The number of aliphatic hydroxyl groups is 2. The van der Waals surface area contributed by atoms with Crippen LogP contribution in [0.2, 0.25) is 5.02 Å². The fourth-order valence-electron chi connectivity index (χ4n) is 8.32. The minimum absolute atomic E-state index is 0.0267. The molecule has 9 rings (SSSR count). The predicted molar refractivity (Wildman–Crippen MR) is 363 cm³/mol. The molecule has 5 aromatic heterocycles. The molecular weight excluding hydrogens is 1260 g/mol. The summed E-state index contributed by atoms with van der Waals surface area (Å²) in [4.78, 5) is 105. The minimum atomic E-state index is -0.574. The number of nitrogens with zero attached hydrogens (tertiary/aromatic N) is 12. The van der Waals surface area contributed by atoms with Crippen LogP contribution in [0.4, 0.5) is 47.6 Å². The summed E-state index contributed by atoms with van der Waals surface area (Å²) >= 11 is 5.44. The molecule has 0 radical (unpaired) electrons. The number of ether oxygens (including phenoxy) is 4. The Labute approximate surface area is 560 Å². The van der Waals surface area contributed by atoms with Crippen LogP contribution in [0.15, 0.2) is 78.6 Å². The summed E-state index contributed by atoms with van der Waals surface area (Å²) in [6, 6.07) is 6.83. The Morgan fingerprint density at radius 1 is 0.600 bits per heavy atom. The van der Waals surface area contributed by atoms with Crippen LogP contribution in [0.5, 0.6) is 0 Å². The number of hydrogen-bond acceptors (Lipinski definition) is 24. The summed E-state index contributed by atoms with van der Waals surface area (Å²) in [6.45, 7) is 38.4. The molecule has 0 bridgehead atoms. The largest absolute Gasteiger partial charge is 0.444 e. The Morgan fingerprint density at radius 2 is 0.947 bits per heavy atom. The van der Waals surface area contributed by atoms with Crippen molar-refractivity contribution in [2.45, 2.75) is 157 Å². The molecule has 530 valence electrons. The summed E-state index contributed by atoms with van der Waals surface area (Å²) in [5, 5.41) is 42.0. The van der Waals surface area contributed by atoms with E-state index < -0.39 is 32.3 Å². The van der Waals surface area contributed by atoms with E-state index in [4.69, 9.17) is 52.2 Å². The summed E-state index contributed by atoms with van der Waals surface area (Å²) in [5.41, 5.74) is 12.4. The molecule has 9 N–H and O–H groups in total. The number of likely N-dealkylation sites (tertiary alicyclic amines) is 4. The van der Waals surface area contributed by atoms with Crippen LogP contribution in [0.25, 0.3) is 11.0 Å². The molecule has 0 aliphatic carbocycles. The number of nitrogen functional groups attached to an aromatic ring is 1. The number of rotatable bonds is 10. The van der Waals surface area contributed by atoms with E-state index in [1.54, 1.807) is 88.8 Å². The zero-order valence-corrected chi connectivity index (χ0v) is 58.6. The lowest BCUT2D eigenvalue weighted by Crippen LogP contribution is -2.58. The molecule has 33 heteroatoms. The second-order valence-electron chi connectivity index (χ2n) is 25.5. The Kier molecular flexibility index (Phi) is 33.5. The number of H-pyrrole nitrogens is 1. The van der Waals surface area contributed by atoms with E-state index in [9.17, 15) is 44.2 Å². The van der Waals surface area contributed by atoms with Gasteiger partial charge >= 0.3 is 41.4 Å². The Balaban J connectivity index is 0.000000395. The number of nitrogens with two attached hydrogens (primary N) is 2. The molecule has 0 aromatic carbocycles. The molecule has 0 atom stereocenters. The lowest BCUT2D eigenvalue weighted by molar-refractivity contribution is -0.385. The molecule has 95 heavy (non-hydrogen) atoms. The number of imidazole rings is 1. The minimum Gasteiger partial charge on any atom is -0.444 e. The Bertz CT molecular complexity index is 3240. The number of amides is 4. The van der Waals surface area contributed by atoms with Crippen LogP contribution in [0.3, 0.4) is 0 Å². The number of pyridine rings is 4. The molecule has 5 aromatic rings. The van der Waals surface area contributed by atoms with Gasteiger partial charge in [-0.3, -0.25) is 44.7 Å². The highest BCUT2D eigenvalue weighted by molar-refractivity contribution is 6.32. The van der Waals surface area contributed by atoms with E-state index in [0.29, 0.717) is 69.2 Å². The first-order chi connectivity index (χ1) is 44.3. The van der Waals surface area contributed by atoms with Gasteiger partial charge in [0.25, 0.3) is 0 Å². The first-order valence-corrected chi connectivity index (χ1v) is 31.2. The maximum atomic E-state index is 12.0. The predicted octanol–water partition coefficient (Wildman–Crippen LogP) is 8.40. The van der Waals surface area contributed by atoms with Gasteiger partial charge in [0.05, 0.1) is 62.8 Å². The number of anilines is 3. The molecule has 0 unspecified atom stereocenters. The second-order valence-corrected chi connectivity index (χ2v) is 25.9. The van der Waals surface area contributed by atoms with Crippen LogP contribution in [-0.4, -0.2) is 225 Å². The van der Waals surface area contributed by atoms with Crippen molar-refractivity contribution in [3.8, 4) is 0 Å². The van der Waals surface area contributed by atoms with Gasteiger partial charge in [-0.05, 0) is 134 Å². The maximum absolute atomic E-state index is 12.0. The van der Waals surface area contributed by atoms with E-state index in [1.807, 2.05) is 68.4 Å². The molecule has 4 saturated heterocycles. The number of aromatic nitrogens is 6. The molecular formula is C62H100ClN17O15. The van der Waals surface area contributed by atoms with E-state index in [1.165, 1.54) is 44.3 Å². The molecule has 4 amide bonds. The summed E-state index contributed by atoms with van der Waals surface area (Å²) in [6.07, 6.45) is 10.5. The average molecular weight is 1360 g/mol. The van der Waals surface area contributed by atoms with Crippen molar-refractivity contribution in [2.75, 3.05) is 102 Å². The first kappa shape index (κ1) is 82.4. The standard InChI is InChI=1S/C14H18N4O3.C13H18N4O4.C13H20N4O2.C8H16N2O2.C6H15N.C5H3ClN2O2.C2H6O.CH4O/c1-14(2,3)21-13(20)17-7-9(8-17)18-11-4-5-15-6-10(11)16-12(18)19;1-13(2,3)21-12(18)16-7-9(8-16)15-10-4-5-14-6-11(10)17(19)20;1-13(2,3)19-12(18)17-7-9(8-17)16-11-4-5-15-6-10(11)14;1-8(2,3)12-7(11)10-4-6(9)5-10;1-4-7(5-2)6-3;6-4-1-2-7-3-5(4)8(9)10;1-2-3;1-2/h4-6,9H,7-8H2,1-3H3,(H,16,19);4-6,9H,7-8H2,1-3H3,(H,14,15);4-6,9H,7-8,14H2,1-3H3,(H,15,16);6H,4-5,9H2,1-3H3;4-6H2,1-3H3;1-3H;3H,2H2,1H3;2H,1H3. The lowest BCUT2D eigenvalue weighted by atomic mass is 10.1. The van der Waals surface area contributed by atoms with Crippen molar-refractivity contribution >= 4 is 75.4 Å². The van der Waals surface area contributed by atoms with Gasteiger partial charge in [-0.1, -0.05) is 32.4 Å². The molecule has 4 aliphatic rings. The summed E-state index contributed by atoms with van der Waals surface area (Å²) in [7, 11) is 1.00. The summed E-state index contributed by atoms with van der Waals surface area (Å²) < 4.78 is 22.6. The lowest BCUT2D eigenvalue weighted by Gasteiger charge is -2.40. The van der Waals surface area contributed by atoms with Gasteiger partial charge in [-0.2, -0.15) is 0 Å². The number of aromatic amines is 1. The number of fused-ring (bicyclic) bond motifs is 1. The van der Waals surface area contributed by atoms with Crippen molar-refractivity contribution in [1.29, 1.82) is 0 Å². The smallest absolute Gasteiger partial charge is 0.410 e. The molecule has 0 spiro atoms. The fourth-order valence-corrected chi connectivity index (χ4v) is 8.49. The van der Waals surface area contributed by atoms with Gasteiger partial charge in [0, 0.05) is 96.9 Å². The van der Waals surface area contributed by atoms with Crippen LogP contribution < -0.4 is 27.8 Å². The number of nitrogens with one attached hydrogen (secondary N) is 3. The van der Waals surface area contributed by atoms with Crippen LogP contribution in [0, 0.1) is 20.2 Å². The van der Waals surface area contributed by atoms with Crippen LogP contribution in [0.1, 0.15) is 117 Å². The normalized spacial score (nSPS) is 14.5. The maximum Gasteiger partial charge on any atom is 0.410 e. The third-order valence-corrected chi connectivity index (χ3v) is 13.2. The number of halogens is 1. The number of carbonyl (C=O) groups is 4. The van der Waals surface area contributed by atoms with Gasteiger partial charge in [-0.25, -0.2) is 24.0 Å². The van der Waals surface area contributed by atoms with Crippen molar-refractivity contribution in [1.82, 2.24) is 54.0 Å². The Hall–Kier alpha value is -8.72. The molecule has 9 heterocycles. The first-order valence-electron chi connectivity index (χ1n) is 30.9. The van der Waals surface area contributed by atoms with E-state index in [-0.39, 0.29) is 77.2 Å². The van der Waals surface area contributed by atoms with Crippen molar-refractivity contribution in [3.63, 3.8) is 0 Å². The van der Waals surface area contributed by atoms with Crippen LogP contribution >= 0.6 is 11.6 Å². The average Bonchev–Trinajstić information content (AvgIpc) is 1.66. The number of carbonyl (C=O) groups excluding carboxylic acids is 4. The monoisotopic (exact) mass is 1360 g/mol. The highest BCUT2D eigenvalue weighted by Gasteiger charge is 2.38. The third kappa shape index (κ3) is 29.6. The highest BCUT2D eigenvalue weighted by atomic mass is 35.5. The molecule has 32 nitrogen and oxygen atoms in total. The SMILES string of the molecule is CC(C)(C)OC(=O)N1CC(N)C1.CC(C)(C)OC(=O)N1CC(Nc2ccncc2N)C1.CC(C)(C)OC(=O)N1CC(Nc2ccncc2[N+](=O)[O-])C1.CC(C)(C)OC(=O)N1CC(n2c(=O)[nH]c3cnccc32)C1.CCN(CC)CC.CCO.CO.O=[N+]([O-])c1cnccc1Cl. The van der Waals surface area contributed by atoms with Gasteiger partial charge in [-0.15, -0.1) is 0 Å². The number of hydrogen-bond donors (Lipinski definition) is 7. The third-order valence-electron chi connectivity index (χ3n) is 12.9. The van der Waals surface area contributed by atoms with E-state index in [0.717, 1.165) is 24.5 Å². The second kappa shape index (κ2) is 38.6. The summed E-state index contributed by atoms with van der Waals surface area (Å²) in [5.74, 6) is 0. The van der Waals surface area contributed by atoms with E-state index >= 15 is 0 Å². The van der Waals surface area contributed by atoms with Gasteiger partial charge < -0.3 is 80.7 Å². The van der Waals surface area contributed by atoms with Gasteiger partial charge in [0.2, 0.25) is 0 Å². The topological polar surface area (TPSA) is 414 Å². The Morgan fingerprint density at radius 3 is 1.31 bits per heavy atom. The molecule has 4 aliphatic heterocycles. The number of nitro groups is 2. The van der Waals surface area contributed by atoms with Crippen molar-refractivity contribution < 1.29 is 58.2 Å². The van der Waals surface area contributed by atoms with Crippen molar-refractivity contribution in [2.24, 2.45) is 5.73 Å². The van der Waals surface area contributed by atoms with Crippen molar-refractivity contribution in [3.05, 3.63) is 110 Å². The molecule has 0 saturated carbocycles. The fraction of sp³-hybridized carbons (Fsp3) is 0.597. The number of aliphatic hydroxyl groups excluding tert-OH is 2. The van der Waals surface area contributed by atoms with Crippen LogP contribution in [-0.2, 0) is 18.9 Å². The van der Waals surface area contributed by atoms with Gasteiger partial charge in [0.15, 0.2) is 0 Å². The highest BCUT2D eigenvalue weighted by Crippen LogP contribution is 2.28. The zero-order chi connectivity index (χ0) is 72.2. The molecule has 4 fully saturated rings. The zero-order valence-electron chi connectivity index (χ0n) is 57.8.